The van der Waals surface area contributed by atoms with Crippen LogP contribution in [0.25, 0.3) is 0 Å². The second kappa shape index (κ2) is 4.28. The van der Waals surface area contributed by atoms with Crippen LogP contribution in [-0.2, 0) is 6.42 Å². The normalized spacial score (nSPS) is 12.6. The van der Waals surface area contributed by atoms with Crippen molar-refractivity contribution in [2.24, 2.45) is 0 Å². The number of imidazole rings is 1. The first-order valence-corrected chi connectivity index (χ1v) is 5.55. The van der Waals surface area contributed by atoms with Gasteiger partial charge in [-0.15, -0.1) is 0 Å². The molecule has 0 saturated heterocycles. The maximum absolute atomic E-state index is 3.96. The van der Waals surface area contributed by atoms with Crippen molar-refractivity contribution in [1.82, 2.24) is 9.97 Å². The van der Waals surface area contributed by atoms with Crippen molar-refractivity contribution in [3.63, 3.8) is 0 Å². The van der Waals surface area contributed by atoms with Crippen LogP contribution < -0.4 is 5.32 Å². The molecule has 0 aromatic carbocycles. The molecule has 1 atom stereocenters. The van der Waals surface area contributed by atoms with Gasteiger partial charge in [-0.25, -0.2) is 4.98 Å². The Morgan fingerprint density at radius 2 is 2.57 bits per heavy atom. The molecule has 1 unspecified atom stereocenters. The Morgan fingerprint density at radius 1 is 1.64 bits per heavy atom. The van der Waals surface area contributed by atoms with E-state index in [-0.39, 0.29) is 0 Å². The van der Waals surface area contributed by atoms with Crippen molar-refractivity contribution in [2.45, 2.75) is 19.4 Å². The molecule has 0 saturated carbocycles. The van der Waals surface area contributed by atoms with E-state index in [1.165, 1.54) is 5.56 Å². The number of nitrogens with one attached hydrogen (secondary N) is 2. The Hall–Kier alpha value is -1.29. The second-order valence-corrected chi connectivity index (χ2v) is 4.13. The SMILES string of the molecule is CC(Cc1ccsc1)Nc1cnc[nH]1. The highest BCUT2D eigenvalue weighted by molar-refractivity contribution is 7.07. The van der Waals surface area contributed by atoms with Crippen molar-refractivity contribution < 1.29 is 0 Å². The molecule has 2 rings (SSSR count). The third-order valence-corrected chi connectivity index (χ3v) is 2.75. The van der Waals surface area contributed by atoms with E-state index >= 15 is 0 Å². The Bertz CT molecular complexity index is 316. The molecule has 14 heavy (non-hydrogen) atoms. The first-order chi connectivity index (χ1) is 6.84. The van der Waals surface area contributed by atoms with E-state index in [9.17, 15) is 0 Å². The van der Waals surface area contributed by atoms with E-state index in [2.05, 4.69) is 39.0 Å². The minimum Gasteiger partial charge on any atom is -0.368 e. The van der Waals surface area contributed by atoms with Gasteiger partial charge in [0.05, 0.1) is 12.5 Å². The number of aromatic amines is 1. The lowest BCUT2D eigenvalue weighted by molar-refractivity contribution is 0.788. The number of hydrogen-bond acceptors (Lipinski definition) is 3. The van der Waals surface area contributed by atoms with Crippen molar-refractivity contribution >= 4 is 17.2 Å². The molecular weight excluding hydrogens is 194 g/mol. The minimum absolute atomic E-state index is 0.421. The van der Waals surface area contributed by atoms with E-state index in [1.807, 2.05) is 0 Å². The number of nitrogens with zero attached hydrogens (tertiary/aromatic N) is 1. The fourth-order valence-corrected chi connectivity index (χ4v) is 2.10. The van der Waals surface area contributed by atoms with Gasteiger partial charge >= 0.3 is 0 Å². The molecule has 0 radical (unpaired) electrons. The first-order valence-electron chi connectivity index (χ1n) is 4.60. The van der Waals surface area contributed by atoms with Gasteiger partial charge in [0.25, 0.3) is 0 Å². The van der Waals surface area contributed by atoms with Crippen molar-refractivity contribution in [3.8, 4) is 0 Å². The third kappa shape index (κ3) is 2.35. The summed E-state index contributed by atoms with van der Waals surface area (Å²) in [6.45, 7) is 2.17. The monoisotopic (exact) mass is 207 g/mol. The molecule has 2 heterocycles. The zero-order chi connectivity index (χ0) is 9.80. The summed E-state index contributed by atoms with van der Waals surface area (Å²) in [5.41, 5.74) is 1.38. The van der Waals surface area contributed by atoms with Gasteiger partial charge in [-0.2, -0.15) is 11.3 Å². The Labute approximate surface area is 87.2 Å². The number of aromatic nitrogens is 2. The van der Waals surface area contributed by atoms with Crippen LogP contribution in [0.5, 0.6) is 0 Å². The number of thiophene rings is 1. The van der Waals surface area contributed by atoms with E-state index in [4.69, 9.17) is 0 Å². The molecule has 0 bridgehead atoms. The number of hydrogen-bond donors (Lipinski definition) is 2. The summed E-state index contributed by atoms with van der Waals surface area (Å²) in [4.78, 5) is 6.98. The summed E-state index contributed by atoms with van der Waals surface area (Å²) in [5.74, 6) is 0.979. The molecule has 2 aromatic heterocycles. The van der Waals surface area contributed by atoms with Crippen LogP contribution in [0.3, 0.4) is 0 Å². The lowest BCUT2D eigenvalue weighted by Gasteiger charge is -2.12. The van der Waals surface area contributed by atoms with Crippen LogP contribution in [-0.4, -0.2) is 16.0 Å². The topological polar surface area (TPSA) is 40.7 Å². The third-order valence-electron chi connectivity index (χ3n) is 2.02. The number of anilines is 1. The van der Waals surface area contributed by atoms with E-state index in [0.29, 0.717) is 6.04 Å². The van der Waals surface area contributed by atoms with Gasteiger partial charge in [-0.05, 0) is 35.7 Å². The molecule has 0 fully saturated rings. The van der Waals surface area contributed by atoms with Gasteiger partial charge in [0, 0.05) is 6.04 Å². The molecule has 2 aromatic rings. The lowest BCUT2D eigenvalue weighted by atomic mass is 10.1. The zero-order valence-corrected chi connectivity index (χ0v) is 8.84. The van der Waals surface area contributed by atoms with E-state index in [0.717, 1.165) is 12.2 Å². The zero-order valence-electron chi connectivity index (χ0n) is 8.03. The number of H-pyrrole nitrogens is 1. The summed E-state index contributed by atoms with van der Waals surface area (Å²) >= 11 is 1.74. The number of rotatable bonds is 4. The predicted molar refractivity (Wildman–Crippen MR) is 59.7 cm³/mol. The van der Waals surface area contributed by atoms with Crippen LogP contribution in [0.1, 0.15) is 12.5 Å². The maximum Gasteiger partial charge on any atom is 0.123 e. The maximum atomic E-state index is 3.96. The smallest absolute Gasteiger partial charge is 0.123 e. The predicted octanol–water partition coefficient (Wildman–Crippen LogP) is 2.51. The molecule has 4 heteroatoms. The van der Waals surface area contributed by atoms with Crippen molar-refractivity contribution in [3.05, 3.63) is 34.9 Å². The molecule has 0 amide bonds. The molecule has 0 aliphatic rings. The van der Waals surface area contributed by atoms with Crippen LogP contribution >= 0.6 is 11.3 Å². The summed E-state index contributed by atoms with van der Waals surface area (Å²) in [7, 11) is 0. The molecule has 0 spiro atoms. The molecular formula is C10H13N3S. The quantitative estimate of drug-likeness (QED) is 0.808. The Morgan fingerprint density at radius 3 is 3.21 bits per heavy atom. The van der Waals surface area contributed by atoms with E-state index in [1.54, 1.807) is 23.9 Å². The summed E-state index contributed by atoms with van der Waals surface area (Å²) in [6, 6.07) is 2.58. The summed E-state index contributed by atoms with van der Waals surface area (Å²) in [6.07, 6.45) is 4.52. The molecule has 74 valence electrons. The highest BCUT2D eigenvalue weighted by Crippen LogP contribution is 2.10. The molecule has 0 aliphatic carbocycles. The van der Waals surface area contributed by atoms with Crippen LogP contribution in [0.15, 0.2) is 29.4 Å². The van der Waals surface area contributed by atoms with Crippen LogP contribution in [0.4, 0.5) is 5.82 Å². The molecule has 3 nitrogen and oxygen atoms in total. The fraction of sp³-hybridized carbons (Fsp3) is 0.300. The van der Waals surface area contributed by atoms with Gasteiger partial charge in [0.2, 0.25) is 0 Å². The average molecular weight is 207 g/mol. The van der Waals surface area contributed by atoms with Crippen molar-refractivity contribution in [2.75, 3.05) is 5.32 Å². The van der Waals surface area contributed by atoms with Gasteiger partial charge in [0.1, 0.15) is 5.82 Å². The fourth-order valence-electron chi connectivity index (χ4n) is 1.41. The molecule has 2 N–H and O–H groups in total. The lowest BCUT2D eigenvalue weighted by Crippen LogP contribution is -2.17. The second-order valence-electron chi connectivity index (χ2n) is 3.35. The van der Waals surface area contributed by atoms with Gasteiger partial charge in [-0.3, -0.25) is 0 Å². The average Bonchev–Trinajstić information content (AvgIpc) is 2.76. The summed E-state index contributed by atoms with van der Waals surface area (Å²) in [5, 5.41) is 7.64. The highest BCUT2D eigenvalue weighted by Gasteiger charge is 2.03. The van der Waals surface area contributed by atoms with Crippen LogP contribution in [0, 0.1) is 0 Å². The van der Waals surface area contributed by atoms with Gasteiger partial charge in [-0.1, -0.05) is 0 Å². The molecule has 0 aliphatic heterocycles. The summed E-state index contributed by atoms with van der Waals surface area (Å²) < 4.78 is 0. The van der Waals surface area contributed by atoms with Gasteiger partial charge < -0.3 is 10.3 Å². The van der Waals surface area contributed by atoms with E-state index < -0.39 is 0 Å². The van der Waals surface area contributed by atoms with Crippen molar-refractivity contribution in [1.29, 1.82) is 0 Å². The Kier molecular flexibility index (Phi) is 2.84. The minimum atomic E-state index is 0.421. The highest BCUT2D eigenvalue weighted by atomic mass is 32.1. The Balaban J connectivity index is 1.88. The van der Waals surface area contributed by atoms with Crippen LogP contribution in [0.2, 0.25) is 0 Å². The largest absolute Gasteiger partial charge is 0.368 e. The first kappa shape index (κ1) is 9.27. The standard InChI is InChI=1S/C10H13N3S/c1-8(4-9-2-3-14-6-9)13-10-5-11-7-12-10/h2-3,5-8,13H,4H2,1H3,(H,11,12). The van der Waals surface area contributed by atoms with Gasteiger partial charge in [0.15, 0.2) is 0 Å².